The summed E-state index contributed by atoms with van der Waals surface area (Å²) in [6.07, 6.45) is 20.7. The van der Waals surface area contributed by atoms with E-state index in [1.165, 1.54) is 36.8 Å². The van der Waals surface area contributed by atoms with E-state index < -0.39 is 11.5 Å². The van der Waals surface area contributed by atoms with E-state index in [1.807, 2.05) is 25.2 Å². The van der Waals surface area contributed by atoms with Crippen LogP contribution in [0.5, 0.6) is 0 Å². The quantitative estimate of drug-likeness (QED) is 0.199. The van der Waals surface area contributed by atoms with Crippen molar-refractivity contribution in [3.8, 4) is 0 Å². The highest BCUT2D eigenvalue weighted by molar-refractivity contribution is 5.88. The number of hydrogen-bond acceptors (Lipinski definition) is 3. The second-order valence-electron chi connectivity index (χ2n) is 12.9. The molecule has 0 radical (unpaired) electrons. The van der Waals surface area contributed by atoms with Crippen LogP contribution in [0, 0.1) is 34.0 Å². The monoisotopic (exact) mass is 491 g/mol. The van der Waals surface area contributed by atoms with Crippen molar-refractivity contribution in [1.82, 2.24) is 0 Å². The summed E-state index contributed by atoms with van der Waals surface area (Å²) in [5, 5.41) is 13.7. The molecule has 5 aliphatic rings. The van der Waals surface area contributed by atoms with Crippen molar-refractivity contribution in [2.75, 3.05) is 0 Å². The van der Waals surface area contributed by atoms with Crippen LogP contribution in [0.4, 0.5) is 0 Å². The normalized spacial score (nSPS) is 34.5. The maximum atomic E-state index is 12.2. The summed E-state index contributed by atoms with van der Waals surface area (Å²) in [4.78, 5) is 24.4. The molecule has 36 heavy (non-hydrogen) atoms. The zero-order valence-electron chi connectivity index (χ0n) is 23.0. The lowest BCUT2D eigenvalue weighted by Gasteiger charge is -2.58. The number of rotatable bonds is 9. The molecule has 0 spiro atoms. The second-order valence-corrected chi connectivity index (χ2v) is 12.9. The van der Waals surface area contributed by atoms with E-state index in [2.05, 4.69) is 45.0 Å². The molecular formula is C32H45NO3. The zero-order chi connectivity index (χ0) is 26.1. The van der Waals surface area contributed by atoms with Gasteiger partial charge in [-0.2, -0.15) is 4.91 Å². The molecular weight excluding hydrogens is 446 g/mol. The first kappa shape index (κ1) is 26.8. The lowest BCUT2D eigenvalue weighted by molar-refractivity contribution is -0.133. The Kier molecular flexibility index (Phi) is 7.92. The van der Waals surface area contributed by atoms with Gasteiger partial charge in [0.05, 0.1) is 0 Å². The van der Waals surface area contributed by atoms with Gasteiger partial charge in [-0.15, -0.1) is 0 Å². The van der Waals surface area contributed by atoms with Crippen LogP contribution in [0.25, 0.3) is 0 Å². The number of carbonyl (C=O) groups is 1. The predicted octanol–water partition coefficient (Wildman–Crippen LogP) is 8.71. The fraction of sp³-hybridized carbons (Fsp3) is 0.656. The third kappa shape index (κ3) is 5.38. The Labute approximate surface area is 217 Å². The van der Waals surface area contributed by atoms with Gasteiger partial charge in [0.2, 0.25) is 0 Å². The number of nitrogens with zero attached hydrogens (tertiary/aromatic N) is 1. The number of allylic oxidation sites excluding steroid dienone is 9. The Morgan fingerprint density at radius 3 is 2.25 bits per heavy atom. The zero-order valence-corrected chi connectivity index (χ0v) is 23.0. The van der Waals surface area contributed by atoms with Crippen LogP contribution in [0.1, 0.15) is 98.8 Å². The lowest BCUT2D eigenvalue weighted by atomic mass is 9.48. The van der Waals surface area contributed by atoms with Gasteiger partial charge in [0.15, 0.2) is 0 Å². The molecule has 0 amide bonds. The molecule has 0 atom stereocenters. The van der Waals surface area contributed by atoms with Crippen LogP contribution in [0.2, 0.25) is 0 Å². The summed E-state index contributed by atoms with van der Waals surface area (Å²) in [6.45, 7) is 10.8. The molecule has 0 heterocycles. The van der Waals surface area contributed by atoms with E-state index >= 15 is 0 Å². The number of nitroso groups, excluding NO2 is 1. The van der Waals surface area contributed by atoms with Crippen molar-refractivity contribution in [3.63, 3.8) is 0 Å². The van der Waals surface area contributed by atoms with Crippen molar-refractivity contribution < 1.29 is 9.90 Å². The molecule has 0 aliphatic heterocycles. The van der Waals surface area contributed by atoms with Crippen molar-refractivity contribution in [3.05, 3.63) is 63.2 Å². The molecule has 4 heteroatoms. The minimum atomic E-state index is -0.885. The molecule has 0 unspecified atom stereocenters. The number of carboxylic acid groups (broad SMARTS) is 1. The van der Waals surface area contributed by atoms with E-state index in [9.17, 15) is 14.8 Å². The number of carboxylic acids is 1. The largest absolute Gasteiger partial charge is 0.478 e. The molecule has 4 nitrogen and oxygen atoms in total. The highest BCUT2D eigenvalue weighted by Gasteiger charge is 2.58. The number of hydrogen-bond donors (Lipinski definition) is 1. The minimum Gasteiger partial charge on any atom is -0.478 e. The summed E-state index contributed by atoms with van der Waals surface area (Å²) >= 11 is 0. The van der Waals surface area contributed by atoms with E-state index in [0.29, 0.717) is 30.3 Å². The SMILES string of the molecule is CC(C=CC1=C(C)CCCC1(C)C)=CC=CC(C)=C(CCC1(N=O)C2CC3CC(C2)CC1C3)C(=O)O. The minimum absolute atomic E-state index is 0.218. The molecule has 5 rings (SSSR count). The molecule has 4 fully saturated rings. The summed E-state index contributed by atoms with van der Waals surface area (Å²) in [5.74, 6) is 1.33. The van der Waals surface area contributed by atoms with Gasteiger partial charge >= 0.3 is 5.97 Å². The molecule has 4 saturated carbocycles. The highest BCUT2D eigenvalue weighted by atomic mass is 16.4. The summed E-state index contributed by atoms with van der Waals surface area (Å²) in [7, 11) is 0. The average molecular weight is 492 g/mol. The Morgan fingerprint density at radius 1 is 1.06 bits per heavy atom. The van der Waals surface area contributed by atoms with Crippen LogP contribution in [-0.4, -0.2) is 16.6 Å². The van der Waals surface area contributed by atoms with Crippen LogP contribution >= 0.6 is 0 Å². The van der Waals surface area contributed by atoms with Gasteiger partial charge in [-0.05, 0) is 125 Å². The van der Waals surface area contributed by atoms with Gasteiger partial charge < -0.3 is 5.11 Å². The number of aliphatic carboxylic acids is 1. The van der Waals surface area contributed by atoms with Crippen LogP contribution < -0.4 is 0 Å². The van der Waals surface area contributed by atoms with E-state index in [-0.39, 0.29) is 5.41 Å². The van der Waals surface area contributed by atoms with Gasteiger partial charge in [0.25, 0.3) is 0 Å². The van der Waals surface area contributed by atoms with Crippen molar-refractivity contribution in [2.24, 2.45) is 34.3 Å². The molecule has 0 aromatic carbocycles. The van der Waals surface area contributed by atoms with Gasteiger partial charge in [-0.25, -0.2) is 4.79 Å². The maximum absolute atomic E-state index is 12.2. The molecule has 5 aliphatic carbocycles. The Hall–Kier alpha value is -2.23. The maximum Gasteiger partial charge on any atom is 0.331 e. The van der Waals surface area contributed by atoms with Crippen LogP contribution in [-0.2, 0) is 4.79 Å². The van der Waals surface area contributed by atoms with Crippen LogP contribution in [0.15, 0.2) is 63.4 Å². The fourth-order valence-electron chi connectivity index (χ4n) is 8.13. The molecule has 1 N–H and O–H groups in total. The summed E-state index contributed by atoms with van der Waals surface area (Å²) < 4.78 is 0. The molecule has 196 valence electrons. The first-order chi connectivity index (χ1) is 17.1. The third-order valence-electron chi connectivity index (χ3n) is 9.99. The fourth-order valence-corrected chi connectivity index (χ4v) is 8.13. The predicted molar refractivity (Wildman–Crippen MR) is 148 cm³/mol. The molecule has 4 bridgehead atoms. The average Bonchev–Trinajstić information content (AvgIpc) is 2.79. The Morgan fingerprint density at radius 2 is 1.69 bits per heavy atom. The molecule has 0 aromatic rings. The third-order valence-corrected chi connectivity index (χ3v) is 9.99. The standard InChI is InChI=1S/C32H45NO3/c1-21(11-12-29-23(3)10-7-14-31(29,4)5)8-6-9-22(2)28(30(34)35)13-15-32(33-36)26-17-24-16-25(19-26)20-27(32)18-24/h6,8-9,11-12,24-27H,7,10,13-20H2,1-5H3,(H,34,35). The first-order valence-electron chi connectivity index (χ1n) is 14.1. The Bertz CT molecular complexity index is 1010. The first-order valence-corrected chi connectivity index (χ1v) is 14.1. The van der Waals surface area contributed by atoms with E-state index in [1.54, 1.807) is 0 Å². The lowest BCUT2D eigenvalue weighted by Crippen LogP contribution is -2.56. The van der Waals surface area contributed by atoms with Crippen LogP contribution in [0.3, 0.4) is 0 Å². The Balaban J connectivity index is 1.44. The van der Waals surface area contributed by atoms with Crippen molar-refractivity contribution >= 4 is 5.97 Å². The molecule has 0 aromatic heterocycles. The highest BCUT2D eigenvalue weighted by Crippen LogP contribution is 2.61. The van der Waals surface area contributed by atoms with Crippen molar-refractivity contribution in [1.29, 1.82) is 0 Å². The van der Waals surface area contributed by atoms with Gasteiger partial charge in [-0.1, -0.05) is 60.6 Å². The summed E-state index contributed by atoms with van der Waals surface area (Å²) in [6, 6.07) is 0. The van der Waals surface area contributed by atoms with Gasteiger partial charge in [0.1, 0.15) is 5.54 Å². The topological polar surface area (TPSA) is 66.7 Å². The summed E-state index contributed by atoms with van der Waals surface area (Å²) in [5.41, 5.74) is 4.89. The van der Waals surface area contributed by atoms with E-state index in [4.69, 9.17) is 0 Å². The smallest absolute Gasteiger partial charge is 0.331 e. The van der Waals surface area contributed by atoms with Gasteiger partial charge in [-0.3, -0.25) is 0 Å². The van der Waals surface area contributed by atoms with Crippen molar-refractivity contribution in [2.45, 2.75) is 104 Å². The second kappa shape index (κ2) is 10.6. The van der Waals surface area contributed by atoms with Gasteiger partial charge in [0, 0.05) is 5.57 Å². The molecule has 0 saturated heterocycles. The van der Waals surface area contributed by atoms with E-state index in [0.717, 1.165) is 48.7 Å².